The lowest BCUT2D eigenvalue weighted by Gasteiger charge is -2.06. The van der Waals surface area contributed by atoms with E-state index in [4.69, 9.17) is 0 Å². The van der Waals surface area contributed by atoms with Gasteiger partial charge in [-0.1, -0.05) is 10.3 Å². The third-order valence-corrected chi connectivity index (χ3v) is 2.25. The lowest BCUT2D eigenvalue weighted by molar-refractivity contribution is -0.306. The molecule has 12 heteroatoms. The van der Waals surface area contributed by atoms with Crippen LogP contribution in [0.4, 0.5) is 11.6 Å². The van der Waals surface area contributed by atoms with Gasteiger partial charge in [0.15, 0.2) is 11.6 Å². The summed E-state index contributed by atoms with van der Waals surface area (Å²) in [4.78, 5) is 20.9. The van der Waals surface area contributed by atoms with Gasteiger partial charge >= 0.3 is 0 Å². The highest BCUT2D eigenvalue weighted by Gasteiger charge is 2.12. The fourth-order valence-corrected chi connectivity index (χ4v) is 1.40. The first-order valence-corrected chi connectivity index (χ1v) is 5.56. The van der Waals surface area contributed by atoms with Crippen LogP contribution in [0.3, 0.4) is 0 Å². The number of hydrogen-bond donors (Lipinski definition) is 2. The summed E-state index contributed by atoms with van der Waals surface area (Å²) in [5, 5.41) is 40.0. The molecule has 0 amide bonds. The van der Waals surface area contributed by atoms with Crippen molar-refractivity contribution in [1.82, 2.24) is 20.6 Å². The molecule has 21 heavy (non-hydrogen) atoms. The van der Waals surface area contributed by atoms with Gasteiger partial charge in [-0.15, -0.1) is 0 Å². The van der Waals surface area contributed by atoms with Crippen molar-refractivity contribution in [3.63, 3.8) is 0 Å². The molecule has 0 aliphatic rings. The second-order valence-corrected chi connectivity index (χ2v) is 3.75. The van der Waals surface area contributed by atoms with Crippen LogP contribution in [0.2, 0.25) is 0 Å². The van der Waals surface area contributed by atoms with E-state index < -0.39 is 24.8 Å². The van der Waals surface area contributed by atoms with E-state index in [0.717, 1.165) is 0 Å². The average Bonchev–Trinajstić information content (AvgIpc) is 2.99. The van der Waals surface area contributed by atoms with Gasteiger partial charge in [0, 0.05) is 24.8 Å². The number of carbonyl (C=O) groups is 2. The van der Waals surface area contributed by atoms with Gasteiger partial charge in [-0.2, -0.15) is 0 Å². The lowest BCUT2D eigenvalue weighted by atomic mass is 10.3. The summed E-state index contributed by atoms with van der Waals surface area (Å²) < 4.78 is 8.79. The molecular weight excluding hydrogens is 288 g/mol. The molecule has 0 bridgehead atoms. The zero-order chi connectivity index (χ0) is 15.2. The summed E-state index contributed by atoms with van der Waals surface area (Å²) in [7, 11) is 0. The first-order chi connectivity index (χ1) is 10.1. The molecule has 0 atom stereocenters. The number of rotatable bonds is 8. The zero-order valence-corrected chi connectivity index (χ0v) is 10.4. The minimum atomic E-state index is -1.33. The van der Waals surface area contributed by atoms with Gasteiger partial charge in [0.05, 0.1) is 6.67 Å². The van der Waals surface area contributed by atoms with Crippen LogP contribution < -0.4 is 20.8 Å². The van der Waals surface area contributed by atoms with Crippen molar-refractivity contribution in [2.45, 2.75) is 12.8 Å². The first kappa shape index (κ1) is 14.2. The highest BCUT2D eigenvalue weighted by molar-refractivity contribution is 5.70. The normalized spacial score (nSPS) is 10.3. The molecule has 2 heterocycles. The number of aromatic nitrogens is 4. The Morgan fingerprint density at radius 1 is 0.857 bits per heavy atom. The van der Waals surface area contributed by atoms with Crippen molar-refractivity contribution >= 4 is 23.6 Å². The molecule has 2 aromatic heterocycles. The van der Waals surface area contributed by atoms with E-state index in [1.54, 1.807) is 0 Å². The smallest absolute Gasteiger partial charge is 0.195 e. The van der Waals surface area contributed by atoms with E-state index in [9.17, 15) is 19.8 Å². The fourth-order valence-electron chi connectivity index (χ4n) is 1.40. The van der Waals surface area contributed by atoms with Crippen molar-refractivity contribution in [2.24, 2.45) is 0 Å². The summed E-state index contributed by atoms with van der Waals surface area (Å²) in [6, 6.07) is 0. The van der Waals surface area contributed by atoms with E-state index in [2.05, 4.69) is 40.5 Å². The minimum Gasteiger partial charge on any atom is -0.550 e. The molecule has 0 unspecified atom stereocenters. The van der Waals surface area contributed by atoms with Crippen molar-refractivity contribution in [3.05, 3.63) is 11.4 Å². The Hall–Kier alpha value is -3.18. The molecule has 2 rings (SSSR count). The van der Waals surface area contributed by atoms with Crippen molar-refractivity contribution < 1.29 is 29.1 Å². The van der Waals surface area contributed by atoms with Crippen LogP contribution in [-0.2, 0) is 22.4 Å². The largest absolute Gasteiger partial charge is 0.550 e. The maximum atomic E-state index is 10.5. The van der Waals surface area contributed by atoms with Crippen LogP contribution in [0.15, 0.2) is 9.26 Å². The summed E-state index contributed by atoms with van der Waals surface area (Å²) in [5.41, 5.74) is 0.120. The third-order valence-electron chi connectivity index (χ3n) is 2.25. The van der Waals surface area contributed by atoms with Crippen molar-refractivity contribution in [2.75, 3.05) is 17.3 Å². The average molecular weight is 296 g/mol. The van der Waals surface area contributed by atoms with E-state index in [0.29, 0.717) is 0 Å². The Morgan fingerprint density at radius 3 is 1.67 bits per heavy atom. The van der Waals surface area contributed by atoms with Gasteiger partial charge < -0.3 is 30.4 Å². The maximum Gasteiger partial charge on any atom is 0.195 e. The first-order valence-electron chi connectivity index (χ1n) is 5.56. The Kier molecular flexibility index (Phi) is 4.28. The number of aliphatic carboxylic acids is 2. The zero-order valence-electron chi connectivity index (χ0n) is 10.4. The quantitative estimate of drug-likeness (QED) is 0.459. The second-order valence-electron chi connectivity index (χ2n) is 3.75. The van der Waals surface area contributed by atoms with E-state index in [1.807, 2.05) is 0 Å². The highest BCUT2D eigenvalue weighted by Crippen LogP contribution is 2.12. The molecule has 2 aromatic rings. The van der Waals surface area contributed by atoms with Gasteiger partial charge in [0.25, 0.3) is 0 Å². The number of nitrogens with zero attached hydrogens (tertiary/aromatic N) is 4. The lowest BCUT2D eigenvalue weighted by Crippen LogP contribution is -2.26. The van der Waals surface area contributed by atoms with Crippen LogP contribution in [0, 0.1) is 0 Å². The Balaban J connectivity index is 1.90. The van der Waals surface area contributed by atoms with Crippen LogP contribution in [0.1, 0.15) is 11.4 Å². The highest BCUT2D eigenvalue weighted by atomic mass is 16.6. The third kappa shape index (κ3) is 3.89. The molecule has 0 fully saturated rings. The predicted molar refractivity (Wildman–Crippen MR) is 58.1 cm³/mol. The fraction of sp³-hybridized carbons (Fsp3) is 0.333. The van der Waals surface area contributed by atoms with E-state index in [1.165, 1.54) is 0 Å². The summed E-state index contributed by atoms with van der Waals surface area (Å²) in [6.07, 6.45) is -0.930. The maximum absolute atomic E-state index is 10.5. The second kappa shape index (κ2) is 6.31. The van der Waals surface area contributed by atoms with Gasteiger partial charge in [-0.25, -0.2) is 9.26 Å². The monoisotopic (exact) mass is 296 g/mol. The molecule has 0 aliphatic carbocycles. The molecule has 0 radical (unpaired) electrons. The molecule has 0 aliphatic heterocycles. The van der Waals surface area contributed by atoms with Gasteiger partial charge in [-0.05, 0) is 10.3 Å². The number of nitrogens with one attached hydrogen (secondary N) is 2. The van der Waals surface area contributed by atoms with E-state index in [-0.39, 0.29) is 29.7 Å². The SMILES string of the molecule is O=C([O-])Cc1nonc1NCNc1nonc1CC(=O)[O-]. The number of carboxylic acids is 2. The predicted octanol–water partition coefficient (Wildman–Crippen LogP) is -3.48. The Morgan fingerprint density at radius 2 is 1.29 bits per heavy atom. The molecule has 0 spiro atoms. The molecule has 0 saturated heterocycles. The Labute approximate surface area is 116 Å². The number of hydrogen-bond acceptors (Lipinski definition) is 12. The van der Waals surface area contributed by atoms with Gasteiger partial charge in [0.2, 0.25) is 0 Å². The van der Waals surface area contributed by atoms with Crippen LogP contribution >= 0.6 is 0 Å². The van der Waals surface area contributed by atoms with Crippen molar-refractivity contribution in [1.29, 1.82) is 0 Å². The standard InChI is InChI=1S/C9H10N6O6/c16-6(17)1-4-8(14-20-12-4)10-3-11-9-5(2-7(18)19)13-21-15-9/h1-3H2,(H,10,14)(H,11,15)(H,16,17)(H,18,19)/p-2. The molecule has 2 N–H and O–H groups in total. The van der Waals surface area contributed by atoms with Crippen LogP contribution in [-0.4, -0.2) is 39.2 Å². The van der Waals surface area contributed by atoms with Gasteiger partial charge in [0.1, 0.15) is 11.4 Å². The topological polar surface area (TPSA) is 182 Å². The Bertz CT molecular complexity index is 582. The molecular formula is C9H8N6O6-2. The summed E-state index contributed by atoms with van der Waals surface area (Å²) in [6.45, 7) is 0.0164. The minimum absolute atomic E-state index is 0.0164. The number of carboxylic acid groups (broad SMARTS) is 2. The van der Waals surface area contributed by atoms with Crippen molar-refractivity contribution in [3.8, 4) is 0 Å². The molecule has 112 valence electrons. The van der Waals surface area contributed by atoms with Crippen LogP contribution in [0.25, 0.3) is 0 Å². The summed E-state index contributed by atoms with van der Waals surface area (Å²) >= 11 is 0. The van der Waals surface area contributed by atoms with E-state index >= 15 is 0 Å². The molecule has 12 nitrogen and oxygen atoms in total. The number of anilines is 2. The molecule has 0 saturated carbocycles. The summed E-state index contributed by atoms with van der Waals surface area (Å²) in [5.74, 6) is -2.47. The molecule has 0 aromatic carbocycles. The van der Waals surface area contributed by atoms with Gasteiger partial charge in [-0.3, -0.25) is 0 Å². The number of carbonyl (C=O) groups excluding carboxylic acids is 2. The van der Waals surface area contributed by atoms with Crippen LogP contribution in [0.5, 0.6) is 0 Å².